The van der Waals surface area contributed by atoms with Crippen LogP contribution in [-0.4, -0.2) is 10.2 Å². The van der Waals surface area contributed by atoms with Gasteiger partial charge in [0.1, 0.15) is 5.82 Å². The summed E-state index contributed by atoms with van der Waals surface area (Å²) in [6, 6.07) is 10.3. The van der Waals surface area contributed by atoms with E-state index in [1.807, 2.05) is 6.07 Å². The Morgan fingerprint density at radius 3 is 2.71 bits per heavy atom. The van der Waals surface area contributed by atoms with Crippen molar-refractivity contribution in [2.45, 2.75) is 0 Å². The molecule has 17 heavy (non-hydrogen) atoms. The molecule has 0 saturated carbocycles. The Bertz CT molecular complexity index is 573. The number of nitriles is 1. The van der Waals surface area contributed by atoms with E-state index in [1.54, 1.807) is 30.3 Å². The van der Waals surface area contributed by atoms with Crippen molar-refractivity contribution in [1.82, 2.24) is 10.2 Å². The minimum atomic E-state index is 0.340. The van der Waals surface area contributed by atoms with Crippen LogP contribution in [0.25, 0.3) is 0 Å². The van der Waals surface area contributed by atoms with Crippen molar-refractivity contribution in [1.29, 1.82) is 5.26 Å². The maximum absolute atomic E-state index is 8.79. The Morgan fingerprint density at radius 2 is 2.06 bits per heavy atom. The Hall–Kier alpha value is -2.32. The van der Waals surface area contributed by atoms with E-state index < -0.39 is 0 Å². The van der Waals surface area contributed by atoms with E-state index in [0.29, 0.717) is 27.9 Å². The SMILES string of the molecule is N#Cc1ccc(Cl)c(Nc2ccc(N)nn2)c1. The predicted molar refractivity (Wildman–Crippen MR) is 65.9 cm³/mol. The van der Waals surface area contributed by atoms with Crippen LogP contribution in [0, 0.1) is 11.3 Å². The van der Waals surface area contributed by atoms with Crippen molar-refractivity contribution in [3.8, 4) is 6.07 Å². The lowest BCUT2D eigenvalue weighted by molar-refractivity contribution is 1.05. The highest BCUT2D eigenvalue weighted by Crippen LogP contribution is 2.25. The summed E-state index contributed by atoms with van der Waals surface area (Å²) in [6.45, 7) is 0. The second-order valence-electron chi connectivity index (χ2n) is 3.27. The number of anilines is 3. The van der Waals surface area contributed by atoms with Crippen LogP contribution in [0.2, 0.25) is 5.02 Å². The smallest absolute Gasteiger partial charge is 0.153 e. The first kappa shape index (κ1) is 11.2. The average Bonchev–Trinajstić information content (AvgIpc) is 2.35. The standard InChI is InChI=1S/C11H8ClN5/c12-8-2-1-7(6-13)5-9(8)15-11-4-3-10(14)16-17-11/h1-5H,(H2,14,16)(H,15,17). The van der Waals surface area contributed by atoms with Crippen LogP contribution >= 0.6 is 11.6 Å². The zero-order valence-corrected chi connectivity index (χ0v) is 9.44. The summed E-state index contributed by atoms with van der Waals surface area (Å²) in [5.74, 6) is 0.851. The highest BCUT2D eigenvalue weighted by molar-refractivity contribution is 6.33. The highest BCUT2D eigenvalue weighted by Gasteiger charge is 2.03. The first-order valence-corrected chi connectivity index (χ1v) is 5.13. The quantitative estimate of drug-likeness (QED) is 0.848. The molecule has 1 aromatic heterocycles. The van der Waals surface area contributed by atoms with Crippen molar-refractivity contribution in [3.63, 3.8) is 0 Å². The fourth-order valence-corrected chi connectivity index (χ4v) is 1.40. The number of hydrogen-bond acceptors (Lipinski definition) is 5. The monoisotopic (exact) mass is 245 g/mol. The van der Waals surface area contributed by atoms with Gasteiger partial charge in [-0.1, -0.05) is 11.6 Å². The van der Waals surface area contributed by atoms with Gasteiger partial charge in [-0.05, 0) is 30.3 Å². The molecule has 1 heterocycles. The molecule has 0 atom stereocenters. The number of nitrogens with zero attached hydrogens (tertiary/aromatic N) is 3. The van der Waals surface area contributed by atoms with E-state index in [1.165, 1.54) is 0 Å². The number of nitrogens with two attached hydrogens (primary N) is 1. The molecule has 3 N–H and O–H groups in total. The zero-order valence-electron chi connectivity index (χ0n) is 8.68. The first-order valence-electron chi connectivity index (χ1n) is 4.75. The molecule has 2 rings (SSSR count). The second-order valence-corrected chi connectivity index (χ2v) is 3.68. The van der Waals surface area contributed by atoms with Gasteiger partial charge in [-0.15, -0.1) is 10.2 Å². The Morgan fingerprint density at radius 1 is 1.24 bits per heavy atom. The maximum atomic E-state index is 8.79. The molecular weight excluding hydrogens is 238 g/mol. The molecule has 0 saturated heterocycles. The molecule has 5 nitrogen and oxygen atoms in total. The van der Waals surface area contributed by atoms with Gasteiger partial charge >= 0.3 is 0 Å². The van der Waals surface area contributed by atoms with Crippen molar-refractivity contribution in [3.05, 3.63) is 40.9 Å². The molecule has 84 valence electrons. The van der Waals surface area contributed by atoms with Gasteiger partial charge < -0.3 is 11.1 Å². The summed E-state index contributed by atoms with van der Waals surface area (Å²) in [5, 5.41) is 19.8. The van der Waals surface area contributed by atoms with Crippen molar-refractivity contribution in [2.24, 2.45) is 0 Å². The molecule has 1 aromatic carbocycles. The number of benzene rings is 1. The number of rotatable bonds is 2. The molecule has 0 bridgehead atoms. The summed E-state index contributed by atoms with van der Waals surface area (Å²) >= 11 is 5.99. The molecule has 0 aliphatic heterocycles. The molecule has 0 radical (unpaired) electrons. The third-order valence-corrected chi connectivity index (χ3v) is 2.37. The summed E-state index contributed by atoms with van der Waals surface area (Å²) in [4.78, 5) is 0. The van der Waals surface area contributed by atoms with Crippen molar-refractivity contribution in [2.75, 3.05) is 11.1 Å². The van der Waals surface area contributed by atoms with Gasteiger partial charge in [0, 0.05) is 0 Å². The normalized spacial score (nSPS) is 9.65. The molecule has 0 spiro atoms. The lowest BCUT2D eigenvalue weighted by Gasteiger charge is -2.07. The molecule has 0 aliphatic carbocycles. The van der Waals surface area contributed by atoms with Crippen LogP contribution in [0.4, 0.5) is 17.3 Å². The molecule has 0 unspecified atom stereocenters. The van der Waals surface area contributed by atoms with Crippen LogP contribution in [-0.2, 0) is 0 Å². The molecule has 0 amide bonds. The van der Waals surface area contributed by atoms with Gasteiger partial charge in [0.25, 0.3) is 0 Å². The number of nitrogen functional groups attached to an aromatic ring is 1. The van der Waals surface area contributed by atoms with E-state index in [4.69, 9.17) is 22.6 Å². The first-order chi connectivity index (χ1) is 8.19. The molecular formula is C11H8ClN5. The Balaban J connectivity index is 2.29. The lowest BCUT2D eigenvalue weighted by atomic mass is 10.2. The number of hydrogen-bond donors (Lipinski definition) is 2. The molecule has 2 aromatic rings. The minimum absolute atomic E-state index is 0.340. The molecule has 0 aliphatic rings. The van der Waals surface area contributed by atoms with Gasteiger partial charge in [0.15, 0.2) is 5.82 Å². The number of halogens is 1. The van der Waals surface area contributed by atoms with Crippen LogP contribution in [0.5, 0.6) is 0 Å². The largest absolute Gasteiger partial charge is 0.382 e. The van der Waals surface area contributed by atoms with Gasteiger partial charge in [0.2, 0.25) is 0 Å². The van der Waals surface area contributed by atoms with Gasteiger partial charge in [0.05, 0.1) is 22.3 Å². The summed E-state index contributed by atoms with van der Waals surface area (Å²) in [7, 11) is 0. The average molecular weight is 246 g/mol. The topological polar surface area (TPSA) is 87.6 Å². The van der Waals surface area contributed by atoms with Gasteiger partial charge in [-0.3, -0.25) is 0 Å². The third-order valence-electron chi connectivity index (χ3n) is 2.04. The highest BCUT2D eigenvalue weighted by atomic mass is 35.5. The van der Waals surface area contributed by atoms with E-state index in [2.05, 4.69) is 15.5 Å². The summed E-state index contributed by atoms with van der Waals surface area (Å²) < 4.78 is 0. The predicted octanol–water partition coefficient (Wildman–Crippen LogP) is 2.33. The van der Waals surface area contributed by atoms with Crippen LogP contribution in [0.15, 0.2) is 30.3 Å². The fraction of sp³-hybridized carbons (Fsp3) is 0. The lowest BCUT2D eigenvalue weighted by Crippen LogP contribution is -1.98. The third kappa shape index (κ3) is 2.62. The Kier molecular flexibility index (Phi) is 3.08. The zero-order chi connectivity index (χ0) is 12.3. The van der Waals surface area contributed by atoms with E-state index >= 15 is 0 Å². The fourth-order valence-electron chi connectivity index (χ4n) is 1.24. The minimum Gasteiger partial charge on any atom is -0.382 e. The summed E-state index contributed by atoms with van der Waals surface area (Å²) in [6.07, 6.45) is 0. The second kappa shape index (κ2) is 4.68. The van der Waals surface area contributed by atoms with E-state index in [9.17, 15) is 0 Å². The van der Waals surface area contributed by atoms with Crippen molar-refractivity contribution >= 4 is 28.9 Å². The maximum Gasteiger partial charge on any atom is 0.153 e. The number of aromatic nitrogens is 2. The van der Waals surface area contributed by atoms with E-state index in [-0.39, 0.29) is 0 Å². The van der Waals surface area contributed by atoms with Gasteiger partial charge in [-0.2, -0.15) is 5.26 Å². The molecule has 6 heteroatoms. The Labute approximate surface area is 103 Å². The van der Waals surface area contributed by atoms with Gasteiger partial charge in [-0.25, -0.2) is 0 Å². The molecule has 0 fully saturated rings. The van der Waals surface area contributed by atoms with E-state index in [0.717, 1.165) is 0 Å². The van der Waals surface area contributed by atoms with Crippen molar-refractivity contribution < 1.29 is 0 Å². The van der Waals surface area contributed by atoms with Crippen LogP contribution in [0.1, 0.15) is 5.56 Å². The number of nitrogens with one attached hydrogen (secondary N) is 1. The summed E-state index contributed by atoms with van der Waals surface area (Å²) in [5.41, 5.74) is 6.54. The van der Waals surface area contributed by atoms with Crippen LogP contribution in [0.3, 0.4) is 0 Å². The van der Waals surface area contributed by atoms with Crippen LogP contribution < -0.4 is 11.1 Å².